The Labute approximate surface area is 182 Å². The van der Waals surface area contributed by atoms with Gasteiger partial charge in [0.2, 0.25) is 5.95 Å². The number of urea groups is 1. The van der Waals surface area contributed by atoms with Crippen LogP contribution in [0.15, 0.2) is 55.0 Å². The minimum Gasteiger partial charge on any atom is -0.338 e. The molecule has 0 aliphatic rings. The van der Waals surface area contributed by atoms with Crippen LogP contribution in [0.4, 0.5) is 15.1 Å². The Bertz CT molecular complexity index is 1470. The van der Waals surface area contributed by atoms with Crippen molar-refractivity contribution in [3.05, 3.63) is 60.8 Å². The average molecular weight is 429 g/mol. The number of benzene rings is 1. The van der Waals surface area contributed by atoms with E-state index in [0.29, 0.717) is 23.1 Å². The van der Waals surface area contributed by atoms with Crippen molar-refractivity contribution < 1.29 is 9.18 Å². The van der Waals surface area contributed by atoms with Gasteiger partial charge in [-0.25, -0.2) is 19.2 Å². The van der Waals surface area contributed by atoms with Gasteiger partial charge in [0.25, 0.3) is 0 Å². The third-order valence-corrected chi connectivity index (χ3v) is 5.21. The SMILES string of the molecule is CCNC(=O)Nc1nc2c(-c3ncccc3F)cc(-c3cnc4c(ccn4C)c3)cc2[nH]1. The van der Waals surface area contributed by atoms with E-state index < -0.39 is 5.82 Å². The molecular formula is C23H20FN7O. The molecule has 5 rings (SSSR count). The van der Waals surface area contributed by atoms with Gasteiger partial charge in [0.15, 0.2) is 0 Å². The van der Waals surface area contributed by atoms with E-state index in [1.165, 1.54) is 12.3 Å². The first kappa shape index (κ1) is 19.7. The molecule has 0 saturated heterocycles. The Kier molecular flexibility index (Phi) is 4.78. The minimum atomic E-state index is -0.455. The quantitative estimate of drug-likeness (QED) is 0.393. The van der Waals surface area contributed by atoms with Gasteiger partial charge in [0, 0.05) is 48.7 Å². The standard InChI is InChI=1S/C23H20FN7O/c1-3-25-23(32)30-22-28-18-11-14(15-9-13-6-8-31(2)21(13)27-12-15)10-16(20(18)29-22)19-17(24)5-4-7-26-19/h4-12H,3H2,1-2H3,(H3,25,28,29,30,32). The van der Waals surface area contributed by atoms with Gasteiger partial charge in [-0.05, 0) is 48.9 Å². The molecule has 9 heteroatoms. The van der Waals surface area contributed by atoms with Crippen LogP contribution in [0.5, 0.6) is 0 Å². The van der Waals surface area contributed by atoms with Crippen LogP contribution in [0, 0.1) is 5.82 Å². The molecule has 0 bridgehead atoms. The zero-order valence-electron chi connectivity index (χ0n) is 17.5. The molecule has 160 valence electrons. The fourth-order valence-electron chi connectivity index (χ4n) is 3.73. The number of carbonyl (C=O) groups is 1. The monoisotopic (exact) mass is 429 g/mol. The molecule has 0 saturated carbocycles. The van der Waals surface area contributed by atoms with Gasteiger partial charge in [-0.2, -0.15) is 0 Å². The number of aromatic amines is 1. The zero-order valence-corrected chi connectivity index (χ0v) is 17.5. The number of pyridine rings is 2. The maximum absolute atomic E-state index is 14.7. The molecule has 0 atom stereocenters. The molecule has 32 heavy (non-hydrogen) atoms. The van der Waals surface area contributed by atoms with Gasteiger partial charge in [0.1, 0.15) is 22.7 Å². The topological polar surface area (TPSA) is 101 Å². The highest BCUT2D eigenvalue weighted by atomic mass is 19.1. The van der Waals surface area contributed by atoms with Crippen molar-refractivity contribution in [2.75, 3.05) is 11.9 Å². The van der Waals surface area contributed by atoms with Crippen molar-refractivity contribution >= 4 is 34.0 Å². The second kappa shape index (κ2) is 7.77. The Balaban J connectivity index is 1.69. The summed E-state index contributed by atoms with van der Waals surface area (Å²) in [5.74, 6) is -0.193. The van der Waals surface area contributed by atoms with Gasteiger partial charge in [0.05, 0.1) is 5.52 Å². The number of nitrogens with one attached hydrogen (secondary N) is 3. The summed E-state index contributed by atoms with van der Waals surface area (Å²) >= 11 is 0. The number of H-pyrrole nitrogens is 1. The van der Waals surface area contributed by atoms with Crippen molar-refractivity contribution in [3.8, 4) is 22.4 Å². The van der Waals surface area contributed by atoms with Crippen LogP contribution in [0.3, 0.4) is 0 Å². The molecule has 8 nitrogen and oxygen atoms in total. The summed E-state index contributed by atoms with van der Waals surface area (Å²) in [6.45, 7) is 2.31. The summed E-state index contributed by atoms with van der Waals surface area (Å²) in [4.78, 5) is 28.3. The van der Waals surface area contributed by atoms with E-state index in [1.54, 1.807) is 12.3 Å². The first-order chi connectivity index (χ1) is 15.5. The summed E-state index contributed by atoms with van der Waals surface area (Å²) in [5.41, 5.74) is 4.42. The van der Waals surface area contributed by atoms with Gasteiger partial charge >= 0.3 is 6.03 Å². The predicted octanol–water partition coefficient (Wildman–Crippen LogP) is 4.46. The van der Waals surface area contributed by atoms with Crippen molar-refractivity contribution in [1.29, 1.82) is 0 Å². The number of nitrogens with zero attached hydrogens (tertiary/aromatic N) is 4. The smallest absolute Gasteiger partial charge is 0.321 e. The third kappa shape index (κ3) is 3.43. The third-order valence-electron chi connectivity index (χ3n) is 5.21. The summed E-state index contributed by atoms with van der Waals surface area (Å²) in [6.07, 6.45) is 5.27. The number of aryl methyl sites for hydroxylation is 1. The molecule has 4 heterocycles. The number of anilines is 1. The van der Waals surface area contributed by atoms with Gasteiger partial charge in [-0.15, -0.1) is 0 Å². The molecule has 3 N–H and O–H groups in total. The van der Waals surface area contributed by atoms with Crippen LogP contribution in [0.1, 0.15) is 6.92 Å². The summed E-state index contributed by atoms with van der Waals surface area (Å²) < 4.78 is 16.6. The lowest BCUT2D eigenvalue weighted by Crippen LogP contribution is -2.28. The Morgan fingerprint density at radius 2 is 2.06 bits per heavy atom. The molecule has 0 aliphatic carbocycles. The minimum absolute atomic E-state index is 0.184. The number of hydrogen-bond donors (Lipinski definition) is 3. The molecule has 0 unspecified atom stereocenters. The second-order valence-electron chi connectivity index (χ2n) is 7.39. The largest absolute Gasteiger partial charge is 0.338 e. The lowest BCUT2D eigenvalue weighted by molar-refractivity contribution is 0.252. The number of halogens is 1. The number of hydrogen-bond acceptors (Lipinski definition) is 4. The summed E-state index contributed by atoms with van der Waals surface area (Å²) in [5, 5.41) is 6.32. The van der Waals surface area contributed by atoms with Crippen molar-refractivity contribution in [1.82, 2.24) is 29.8 Å². The molecule has 0 radical (unpaired) electrons. The molecule has 0 fully saturated rings. The Morgan fingerprint density at radius 1 is 1.19 bits per heavy atom. The fourth-order valence-corrected chi connectivity index (χ4v) is 3.73. The average Bonchev–Trinajstić information content (AvgIpc) is 3.36. The highest BCUT2D eigenvalue weighted by Gasteiger charge is 2.17. The first-order valence-corrected chi connectivity index (χ1v) is 10.1. The van der Waals surface area contributed by atoms with Gasteiger partial charge < -0.3 is 14.9 Å². The van der Waals surface area contributed by atoms with E-state index in [0.717, 1.165) is 22.2 Å². The fraction of sp³-hybridized carbons (Fsp3) is 0.130. The molecule has 5 aromatic rings. The van der Waals surface area contributed by atoms with E-state index in [4.69, 9.17) is 0 Å². The van der Waals surface area contributed by atoms with Crippen LogP contribution in [-0.4, -0.2) is 37.1 Å². The van der Waals surface area contributed by atoms with Gasteiger partial charge in [-0.3, -0.25) is 10.3 Å². The van der Waals surface area contributed by atoms with Crippen molar-refractivity contribution in [2.24, 2.45) is 7.05 Å². The zero-order chi connectivity index (χ0) is 22.2. The second-order valence-corrected chi connectivity index (χ2v) is 7.39. The summed E-state index contributed by atoms with van der Waals surface area (Å²) in [7, 11) is 1.94. The Hall–Kier alpha value is -4.27. The molecule has 0 aliphatic heterocycles. The summed E-state index contributed by atoms with van der Waals surface area (Å²) in [6, 6.07) is 10.3. The number of aromatic nitrogens is 5. The molecular weight excluding hydrogens is 409 g/mol. The predicted molar refractivity (Wildman–Crippen MR) is 122 cm³/mol. The lowest BCUT2D eigenvalue weighted by Gasteiger charge is -2.08. The number of imidazole rings is 1. The van der Waals surface area contributed by atoms with Crippen molar-refractivity contribution in [3.63, 3.8) is 0 Å². The molecule has 0 spiro atoms. The van der Waals surface area contributed by atoms with Gasteiger partial charge in [-0.1, -0.05) is 0 Å². The molecule has 4 aromatic heterocycles. The van der Waals surface area contributed by atoms with Crippen LogP contribution < -0.4 is 10.6 Å². The number of fused-ring (bicyclic) bond motifs is 2. The molecule has 1 aromatic carbocycles. The lowest BCUT2D eigenvalue weighted by atomic mass is 10.00. The Morgan fingerprint density at radius 3 is 2.88 bits per heavy atom. The maximum Gasteiger partial charge on any atom is 0.321 e. The number of carbonyl (C=O) groups excluding carboxylic acids is 1. The highest BCUT2D eigenvalue weighted by molar-refractivity contribution is 5.98. The normalized spacial score (nSPS) is 11.2. The van der Waals surface area contributed by atoms with E-state index in [-0.39, 0.29) is 17.7 Å². The van der Waals surface area contributed by atoms with Crippen LogP contribution >= 0.6 is 0 Å². The highest BCUT2D eigenvalue weighted by Crippen LogP contribution is 2.34. The van der Waals surface area contributed by atoms with E-state index >= 15 is 0 Å². The number of rotatable bonds is 4. The van der Waals surface area contributed by atoms with Crippen LogP contribution in [0.25, 0.3) is 44.5 Å². The number of amides is 2. The van der Waals surface area contributed by atoms with Crippen LogP contribution in [0.2, 0.25) is 0 Å². The molecule has 2 amide bonds. The van der Waals surface area contributed by atoms with E-state index in [2.05, 4.69) is 30.6 Å². The van der Waals surface area contributed by atoms with E-state index in [1.807, 2.05) is 49.0 Å². The maximum atomic E-state index is 14.7. The van der Waals surface area contributed by atoms with Crippen LogP contribution in [-0.2, 0) is 7.05 Å². The van der Waals surface area contributed by atoms with E-state index in [9.17, 15) is 9.18 Å². The van der Waals surface area contributed by atoms with Crippen molar-refractivity contribution in [2.45, 2.75) is 6.92 Å². The first-order valence-electron chi connectivity index (χ1n) is 10.1.